The molecule has 3 N–H and O–H groups in total. The number of aliphatic hydroxyl groups is 2. The molecule has 0 rings (SSSR count). The van der Waals surface area contributed by atoms with Crippen molar-refractivity contribution in [3.05, 3.63) is 36.5 Å². The van der Waals surface area contributed by atoms with E-state index in [1.807, 2.05) is 6.08 Å². The summed E-state index contributed by atoms with van der Waals surface area (Å²) in [6, 6.07) is -0.618. The van der Waals surface area contributed by atoms with Gasteiger partial charge in [-0.1, -0.05) is 230 Å². The number of amides is 1. The molecule has 53 heavy (non-hydrogen) atoms. The fourth-order valence-electron chi connectivity index (χ4n) is 7.21. The Morgan fingerprint density at radius 1 is 0.453 bits per heavy atom. The SMILES string of the molecule is CCCCCCC/C=C\C/C=C\CCCCCCCCCCCCCCCCCCCCCC(=O)NC(CO)C(O)/C=C/CCCCCCCCCC. The molecule has 0 spiro atoms. The fraction of sp³-hybridized carbons (Fsp3) is 0.857. The number of carbonyl (C=O) groups excluding carboxylic acids is 1. The standard InChI is InChI=1S/C49H93NO3/c1-3-5-7-9-11-13-15-16-17-18-19-20-21-22-23-24-25-26-27-28-29-30-31-32-33-34-35-37-39-41-43-45-49(53)50-47(46-51)48(52)44-42-40-38-36-14-12-10-8-6-4-2/h15-16,18-19,42,44,47-48,51-52H,3-14,17,20-41,43,45-46H2,1-2H3,(H,50,53)/b16-15-,19-18-,44-42+. The van der Waals surface area contributed by atoms with Gasteiger partial charge in [-0.2, -0.15) is 0 Å². The van der Waals surface area contributed by atoms with E-state index in [4.69, 9.17) is 0 Å². The van der Waals surface area contributed by atoms with Crippen molar-refractivity contribution in [1.29, 1.82) is 0 Å². The fourth-order valence-corrected chi connectivity index (χ4v) is 7.21. The lowest BCUT2D eigenvalue weighted by atomic mass is 10.0. The number of allylic oxidation sites excluding steroid dienone is 5. The Morgan fingerprint density at radius 3 is 1.13 bits per heavy atom. The van der Waals surface area contributed by atoms with Gasteiger partial charge in [-0.05, 0) is 51.4 Å². The second-order valence-corrected chi connectivity index (χ2v) is 16.2. The molecule has 0 heterocycles. The van der Waals surface area contributed by atoms with Crippen LogP contribution in [0.3, 0.4) is 0 Å². The minimum absolute atomic E-state index is 0.0634. The Balaban J connectivity index is 3.42. The Morgan fingerprint density at radius 2 is 0.774 bits per heavy atom. The first kappa shape index (κ1) is 51.6. The van der Waals surface area contributed by atoms with E-state index >= 15 is 0 Å². The third-order valence-electron chi connectivity index (χ3n) is 10.9. The summed E-state index contributed by atoms with van der Waals surface area (Å²) < 4.78 is 0. The normalized spacial score (nSPS) is 13.2. The van der Waals surface area contributed by atoms with E-state index in [2.05, 4.69) is 43.5 Å². The van der Waals surface area contributed by atoms with E-state index in [0.717, 1.165) is 32.1 Å². The maximum atomic E-state index is 12.4. The van der Waals surface area contributed by atoms with Gasteiger partial charge in [-0.25, -0.2) is 0 Å². The number of unbranched alkanes of at least 4 members (excludes halogenated alkanes) is 32. The maximum absolute atomic E-state index is 12.4. The molecule has 4 nitrogen and oxygen atoms in total. The highest BCUT2D eigenvalue weighted by atomic mass is 16.3. The minimum Gasteiger partial charge on any atom is -0.394 e. The van der Waals surface area contributed by atoms with Gasteiger partial charge in [0.1, 0.15) is 0 Å². The van der Waals surface area contributed by atoms with Crippen molar-refractivity contribution in [2.24, 2.45) is 0 Å². The third kappa shape index (κ3) is 41.6. The van der Waals surface area contributed by atoms with Crippen LogP contribution in [0.1, 0.15) is 251 Å². The zero-order valence-corrected chi connectivity index (χ0v) is 35.8. The topological polar surface area (TPSA) is 69.6 Å². The summed E-state index contributed by atoms with van der Waals surface area (Å²) in [5, 5.41) is 22.9. The molecule has 0 aromatic rings. The molecule has 0 bridgehead atoms. The monoisotopic (exact) mass is 744 g/mol. The number of hydrogen-bond donors (Lipinski definition) is 3. The van der Waals surface area contributed by atoms with Crippen molar-refractivity contribution in [3.63, 3.8) is 0 Å². The van der Waals surface area contributed by atoms with Gasteiger partial charge in [0.05, 0.1) is 18.8 Å². The molecule has 0 aliphatic carbocycles. The third-order valence-corrected chi connectivity index (χ3v) is 10.9. The van der Waals surface area contributed by atoms with E-state index in [1.165, 1.54) is 199 Å². The maximum Gasteiger partial charge on any atom is 0.220 e. The summed E-state index contributed by atoms with van der Waals surface area (Å²) >= 11 is 0. The van der Waals surface area contributed by atoms with Crippen LogP contribution in [-0.2, 0) is 4.79 Å². The quantitative estimate of drug-likeness (QED) is 0.0430. The first-order valence-electron chi connectivity index (χ1n) is 23.7. The van der Waals surface area contributed by atoms with E-state index < -0.39 is 12.1 Å². The molecular formula is C49H93NO3. The molecule has 0 aliphatic heterocycles. The zero-order valence-electron chi connectivity index (χ0n) is 35.8. The van der Waals surface area contributed by atoms with E-state index in [1.54, 1.807) is 6.08 Å². The summed E-state index contributed by atoms with van der Waals surface area (Å²) in [6.45, 7) is 4.28. The molecule has 0 fully saturated rings. The molecule has 0 aliphatic rings. The number of rotatable bonds is 43. The number of nitrogens with one attached hydrogen (secondary N) is 1. The zero-order chi connectivity index (χ0) is 38.6. The van der Waals surface area contributed by atoms with Crippen LogP contribution in [0.5, 0.6) is 0 Å². The predicted octanol–water partition coefficient (Wildman–Crippen LogP) is 15.0. The van der Waals surface area contributed by atoms with Crippen LogP contribution in [0.2, 0.25) is 0 Å². The summed E-state index contributed by atoms with van der Waals surface area (Å²) in [6.07, 6.45) is 59.9. The first-order valence-corrected chi connectivity index (χ1v) is 23.7. The lowest BCUT2D eigenvalue weighted by molar-refractivity contribution is -0.123. The highest BCUT2D eigenvalue weighted by Crippen LogP contribution is 2.16. The molecule has 1 amide bonds. The van der Waals surface area contributed by atoms with E-state index in [9.17, 15) is 15.0 Å². The lowest BCUT2D eigenvalue weighted by Crippen LogP contribution is -2.45. The average Bonchev–Trinajstić information content (AvgIpc) is 3.16. The smallest absolute Gasteiger partial charge is 0.220 e. The Kier molecular flexibility index (Phi) is 43.8. The van der Waals surface area contributed by atoms with Crippen LogP contribution < -0.4 is 5.32 Å². The van der Waals surface area contributed by atoms with Crippen LogP contribution >= 0.6 is 0 Å². The second-order valence-electron chi connectivity index (χ2n) is 16.2. The van der Waals surface area contributed by atoms with Crippen LogP contribution in [0.15, 0.2) is 36.5 Å². The van der Waals surface area contributed by atoms with Crippen LogP contribution in [0, 0.1) is 0 Å². The molecule has 0 radical (unpaired) electrons. The van der Waals surface area contributed by atoms with Gasteiger partial charge in [0, 0.05) is 6.42 Å². The number of carbonyl (C=O) groups is 1. The van der Waals surface area contributed by atoms with Crippen molar-refractivity contribution >= 4 is 5.91 Å². The van der Waals surface area contributed by atoms with Crippen LogP contribution in [0.4, 0.5) is 0 Å². The van der Waals surface area contributed by atoms with Gasteiger partial charge >= 0.3 is 0 Å². The van der Waals surface area contributed by atoms with Crippen LogP contribution in [-0.4, -0.2) is 34.9 Å². The first-order chi connectivity index (χ1) is 26.2. The molecule has 0 saturated heterocycles. The summed E-state index contributed by atoms with van der Waals surface area (Å²) in [5.74, 6) is -0.0634. The molecule has 2 atom stereocenters. The summed E-state index contributed by atoms with van der Waals surface area (Å²) in [5.41, 5.74) is 0. The van der Waals surface area contributed by atoms with Crippen molar-refractivity contribution < 1.29 is 15.0 Å². The van der Waals surface area contributed by atoms with Crippen LogP contribution in [0.25, 0.3) is 0 Å². The number of hydrogen-bond acceptors (Lipinski definition) is 3. The largest absolute Gasteiger partial charge is 0.394 e. The molecule has 0 aromatic carbocycles. The van der Waals surface area contributed by atoms with Crippen molar-refractivity contribution in [3.8, 4) is 0 Å². The highest BCUT2D eigenvalue weighted by molar-refractivity contribution is 5.76. The minimum atomic E-state index is -0.835. The average molecular weight is 744 g/mol. The Bertz CT molecular complexity index is 806. The van der Waals surface area contributed by atoms with E-state index in [-0.39, 0.29) is 12.5 Å². The van der Waals surface area contributed by atoms with Gasteiger partial charge in [0.25, 0.3) is 0 Å². The van der Waals surface area contributed by atoms with Gasteiger partial charge in [-0.3, -0.25) is 4.79 Å². The van der Waals surface area contributed by atoms with Gasteiger partial charge < -0.3 is 15.5 Å². The van der Waals surface area contributed by atoms with Gasteiger partial charge in [-0.15, -0.1) is 0 Å². The van der Waals surface area contributed by atoms with Crippen molar-refractivity contribution in [1.82, 2.24) is 5.32 Å². The predicted molar refractivity (Wildman–Crippen MR) is 235 cm³/mol. The molecule has 0 aromatic heterocycles. The Hall–Kier alpha value is -1.39. The summed E-state index contributed by atoms with van der Waals surface area (Å²) in [4.78, 5) is 12.4. The second kappa shape index (κ2) is 45.0. The van der Waals surface area contributed by atoms with E-state index in [0.29, 0.717) is 6.42 Å². The highest BCUT2D eigenvalue weighted by Gasteiger charge is 2.17. The van der Waals surface area contributed by atoms with Crippen molar-refractivity contribution in [2.75, 3.05) is 6.61 Å². The molecule has 4 heteroatoms. The Labute approximate surface area is 331 Å². The molecule has 0 saturated carbocycles. The van der Waals surface area contributed by atoms with Crippen molar-refractivity contribution in [2.45, 2.75) is 264 Å². The molecular weight excluding hydrogens is 651 g/mol. The van der Waals surface area contributed by atoms with Gasteiger partial charge in [0.2, 0.25) is 5.91 Å². The number of aliphatic hydroxyl groups excluding tert-OH is 2. The summed E-state index contributed by atoms with van der Waals surface area (Å²) in [7, 11) is 0. The molecule has 312 valence electrons. The lowest BCUT2D eigenvalue weighted by Gasteiger charge is -2.20. The molecule has 2 unspecified atom stereocenters. The van der Waals surface area contributed by atoms with Gasteiger partial charge in [0.15, 0.2) is 0 Å².